The minimum absolute atomic E-state index is 0.263. The fourth-order valence-corrected chi connectivity index (χ4v) is 2.63. The Morgan fingerprint density at radius 1 is 1.50 bits per heavy atom. The summed E-state index contributed by atoms with van der Waals surface area (Å²) in [6, 6.07) is -0.649. The highest BCUT2D eigenvalue weighted by molar-refractivity contribution is 7.11. The van der Waals surface area contributed by atoms with Crippen LogP contribution >= 0.6 is 11.3 Å². The summed E-state index contributed by atoms with van der Waals surface area (Å²) < 4.78 is 39.5. The fourth-order valence-electron chi connectivity index (χ4n) is 1.78. The molecule has 120 valence electrons. The number of hydrogen-bond acceptors (Lipinski definition) is 4. The van der Waals surface area contributed by atoms with Crippen molar-refractivity contribution in [2.45, 2.75) is 19.6 Å². The predicted octanol–water partition coefficient (Wildman–Crippen LogP) is 2.87. The molecule has 6 nitrogen and oxygen atoms in total. The molecule has 0 aliphatic rings. The minimum Gasteiger partial charge on any atom is -0.322 e. The molecule has 2 rings (SSSR count). The van der Waals surface area contributed by atoms with Gasteiger partial charge in [0, 0.05) is 31.4 Å². The predicted molar refractivity (Wildman–Crippen MR) is 75.5 cm³/mol. The molecule has 0 spiro atoms. The Morgan fingerprint density at radius 2 is 2.18 bits per heavy atom. The summed E-state index contributed by atoms with van der Waals surface area (Å²) in [7, 11) is 2.85. The fraction of sp³-hybridized carbons (Fsp3) is 0.417. The van der Waals surface area contributed by atoms with E-state index in [1.54, 1.807) is 6.20 Å². The number of aromatic nitrogens is 3. The smallest absolute Gasteiger partial charge is 0.322 e. The molecule has 2 aromatic heterocycles. The highest BCUT2D eigenvalue weighted by Gasteiger charge is 2.37. The van der Waals surface area contributed by atoms with Gasteiger partial charge in [0.05, 0.1) is 17.2 Å². The number of alkyl halides is 3. The molecule has 22 heavy (non-hydrogen) atoms. The van der Waals surface area contributed by atoms with E-state index in [0.717, 1.165) is 20.8 Å². The van der Waals surface area contributed by atoms with Crippen molar-refractivity contribution in [3.8, 4) is 0 Å². The number of carbonyl (C=O) groups excluding carboxylic acids is 1. The molecule has 2 aromatic rings. The third-order valence-electron chi connectivity index (χ3n) is 2.75. The van der Waals surface area contributed by atoms with Crippen LogP contribution in [0.15, 0.2) is 12.4 Å². The third-order valence-corrected chi connectivity index (χ3v) is 3.65. The molecule has 0 aromatic carbocycles. The maximum Gasteiger partial charge on any atom is 0.437 e. The Kier molecular flexibility index (Phi) is 4.40. The van der Waals surface area contributed by atoms with E-state index in [2.05, 4.69) is 15.4 Å². The van der Waals surface area contributed by atoms with E-state index >= 15 is 0 Å². The van der Waals surface area contributed by atoms with Gasteiger partial charge in [0.15, 0.2) is 5.69 Å². The van der Waals surface area contributed by atoms with Crippen LogP contribution in [0, 0.1) is 6.92 Å². The summed E-state index contributed by atoms with van der Waals surface area (Å²) in [4.78, 5) is 18.2. The average molecular weight is 333 g/mol. The number of urea groups is 1. The Hall–Kier alpha value is -2.10. The first-order chi connectivity index (χ1) is 10.2. The van der Waals surface area contributed by atoms with E-state index in [0.29, 0.717) is 0 Å². The number of nitrogens with one attached hydrogen (secondary N) is 1. The first-order valence-electron chi connectivity index (χ1n) is 6.21. The monoisotopic (exact) mass is 333 g/mol. The number of rotatable bonds is 3. The molecule has 2 amide bonds. The lowest BCUT2D eigenvalue weighted by molar-refractivity contribution is -0.140. The first-order valence-corrected chi connectivity index (χ1v) is 7.02. The second-order valence-electron chi connectivity index (χ2n) is 4.69. The topological polar surface area (TPSA) is 63.1 Å². The Labute approximate surface area is 128 Å². The largest absolute Gasteiger partial charge is 0.437 e. The van der Waals surface area contributed by atoms with Crippen molar-refractivity contribution in [2.75, 3.05) is 12.4 Å². The molecular formula is C12H14F3N5OS. The summed E-state index contributed by atoms with van der Waals surface area (Å²) in [6.45, 7) is 2.10. The molecule has 0 bridgehead atoms. The van der Waals surface area contributed by atoms with Crippen LogP contribution in [-0.2, 0) is 19.8 Å². The molecule has 10 heteroatoms. The SMILES string of the molecule is Cc1ncc(CN(C)C(=O)Nc2cn(C)nc2C(F)(F)F)s1. The molecule has 0 atom stereocenters. The number of hydrogen-bond donors (Lipinski definition) is 1. The maximum absolute atomic E-state index is 12.8. The van der Waals surface area contributed by atoms with Gasteiger partial charge in [-0.25, -0.2) is 9.78 Å². The molecule has 0 saturated carbocycles. The molecule has 0 aliphatic heterocycles. The molecular weight excluding hydrogens is 319 g/mol. The Bertz CT molecular complexity index is 679. The van der Waals surface area contributed by atoms with Crippen LogP contribution in [0.25, 0.3) is 0 Å². The van der Waals surface area contributed by atoms with E-state index in [1.807, 2.05) is 6.92 Å². The minimum atomic E-state index is -4.63. The number of carbonyl (C=O) groups is 1. The first kappa shape index (κ1) is 16.3. The van der Waals surface area contributed by atoms with Crippen LogP contribution < -0.4 is 5.32 Å². The average Bonchev–Trinajstić information content (AvgIpc) is 2.95. The summed E-state index contributed by atoms with van der Waals surface area (Å²) in [5.74, 6) is 0. The zero-order valence-corrected chi connectivity index (χ0v) is 12.9. The molecule has 0 fully saturated rings. The van der Waals surface area contributed by atoms with Gasteiger partial charge in [0.25, 0.3) is 0 Å². The molecule has 1 N–H and O–H groups in total. The summed E-state index contributed by atoms with van der Waals surface area (Å²) in [6.07, 6.45) is -1.88. The maximum atomic E-state index is 12.8. The number of aryl methyl sites for hydroxylation is 2. The highest BCUT2D eigenvalue weighted by atomic mass is 32.1. The number of halogens is 3. The number of amides is 2. The van der Waals surface area contributed by atoms with Crippen molar-refractivity contribution in [1.29, 1.82) is 0 Å². The van der Waals surface area contributed by atoms with Crippen LogP contribution in [0.5, 0.6) is 0 Å². The lowest BCUT2D eigenvalue weighted by Gasteiger charge is -2.17. The highest BCUT2D eigenvalue weighted by Crippen LogP contribution is 2.33. The van der Waals surface area contributed by atoms with Crippen molar-refractivity contribution < 1.29 is 18.0 Å². The van der Waals surface area contributed by atoms with Gasteiger partial charge in [0.2, 0.25) is 0 Å². The summed E-state index contributed by atoms with van der Waals surface area (Å²) in [5, 5.41) is 6.42. The van der Waals surface area contributed by atoms with Crippen LogP contribution in [0.2, 0.25) is 0 Å². The molecule has 2 heterocycles. The lowest BCUT2D eigenvalue weighted by Crippen LogP contribution is -2.31. The van der Waals surface area contributed by atoms with Gasteiger partial charge in [-0.3, -0.25) is 4.68 Å². The quantitative estimate of drug-likeness (QED) is 0.939. The molecule has 0 unspecified atom stereocenters. The third kappa shape index (κ3) is 3.75. The normalized spacial score (nSPS) is 11.5. The van der Waals surface area contributed by atoms with Crippen molar-refractivity contribution >= 4 is 23.1 Å². The van der Waals surface area contributed by atoms with Gasteiger partial charge in [-0.15, -0.1) is 11.3 Å². The van der Waals surface area contributed by atoms with Gasteiger partial charge < -0.3 is 10.2 Å². The van der Waals surface area contributed by atoms with Crippen LogP contribution in [-0.4, -0.2) is 32.7 Å². The van der Waals surface area contributed by atoms with Crippen molar-refractivity contribution in [3.63, 3.8) is 0 Å². The van der Waals surface area contributed by atoms with Crippen LogP contribution in [0.3, 0.4) is 0 Å². The Balaban J connectivity index is 2.08. The zero-order valence-electron chi connectivity index (χ0n) is 12.1. The summed E-state index contributed by atoms with van der Waals surface area (Å²) in [5.41, 5.74) is -1.49. The van der Waals surface area contributed by atoms with Gasteiger partial charge in [0.1, 0.15) is 0 Å². The van der Waals surface area contributed by atoms with Crippen molar-refractivity contribution in [1.82, 2.24) is 19.7 Å². The number of thiazole rings is 1. The van der Waals surface area contributed by atoms with E-state index in [1.165, 1.54) is 30.3 Å². The second kappa shape index (κ2) is 5.95. The van der Waals surface area contributed by atoms with E-state index in [-0.39, 0.29) is 12.2 Å². The van der Waals surface area contributed by atoms with Gasteiger partial charge in [-0.2, -0.15) is 18.3 Å². The van der Waals surface area contributed by atoms with E-state index < -0.39 is 17.9 Å². The summed E-state index contributed by atoms with van der Waals surface area (Å²) >= 11 is 1.42. The number of nitrogens with zero attached hydrogens (tertiary/aromatic N) is 4. The van der Waals surface area contributed by atoms with E-state index in [4.69, 9.17) is 0 Å². The van der Waals surface area contributed by atoms with Gasteiger partial charge in [-0.1, -0.05) is 0 Å². The van der Waals surface area contributed by atoms with Gasteiger partial charge in [-0.05, 0) is 6.92 Å². The Morgan fingerprint density at radius 3 is 2.73 bits per heavy atom. The van der Waals surface area contributed by atoms with E-state index in [9.17, 15) is 18.0 Å². The molecule has 0 aliphatic carbocycles. The number of anilines is 1. The zero-order chi connectivity index (χ0) is 16.5. The lowest BCUT2D eigenvalue weighted by atomic mass is 10.3. The van der Waals surface area contributed by atoms with Crippen LogP contribution in [0.4, 0.5) is 23.7 Å². The standard InChI is InChI=1S/C12H14F3N5OS/c1-7-16-4-8(22-7)5-19(2)11(21)17-9-6-20(3)18-10(9)12(13,14)15/h4,6H,5H2,1-3H3,(H,17,21). The van der Waals surface area contributed by atoms with Crippen molar-refractivity contribution in [2.24, 2.45) is 7.05 Å². The van der Waals surface area contributed by atoms with Gasteiger partial charge >= 0.3 is 12.2 Å². The second-order valence-corrected chi connectivity index (χ2v) is 6.01. The van der Waals surface area contributed by atoms with Crippen molar-refractivity contribution in [3.05, 3.63) is 28.0 Å². The van der Waals surface area contributed by atoms with Crippen LogP contribution in [0.1, 0.15) is 15.6 Å². The molecule has 0 saturated heterocycles. The molecule has 0 radical (unpaired) electrons.